The molecule has 8 heteroatoms. The Labute approximate surface area is 161 Å². The molecule has 0 amide bonds. The highest BCUT2D eigenvalue weighted by Crippen LogP contribution is 2.29. The van der Waals surface area contributed by atoms with E-state index in [9.17, 15) is 23.8 Å². The summed E-state index contributed by atoms with van der Waals surface area (Å²) in [5, 5.41) is 28.4. The van der Waals surface area contributed by atoms with Crippen LogP contribution in [0.2, 0.25) is 0 Å². The Morgan fingerprint density at radius 2 is 1.79 bits per heavy atom. The highest BCUT2D eigenvalue weighted by molar-refractivity contribution is 5.73. The maximum atomic E-state index is 14.0. The molecule has 0 radical (unpaired) electrons. The van der Waals surface area contributed by atoms with E-state index in [-0.39, 0.29) is 18.0 Å². The van der Waals surface area contributed by atoms with Gasteiger partial charge in [-0.3, -0.25) is 4.79 Å². The topological polar surface area (TPSA) is 104 Å². The molecule has 28 heavy (non-hydrogen) atoms. The fourth-order valence-electron chi connectivity index (χ4n) is 2.74. The van der Waals surface area contributed by atoms with Crippen LogP contribution in [-0.4, -0.2) is 43.5 Å². The van der Waals surface area contributed by atoms with Crippen LogP contribution in [0.15, 0.2) is 30.3 Å². The molecule has 0 spiro atoms. The highest BCUT2D eigenvalue weighted by Gasteiger charge is 2.18. The van der Waals surface area contributed by atoms with E-state index in [1.165, 1.54) is 36.4 Å². The minimum atomic E-state index is -1.21. The minimum absolute atomic E-state index is 0.161. The van der Waals surface area contributed by atoms with Gasteiger partial charge in [0, 0.05) is 17.5 Å². The zero-order valence-electron chi connectivity index (χ0n) is 15.5. The normalized spacial score (nSPS) is 13.8. The zero-order chi connectivity index (χ0) is 20.8. The minimum Gasteiger partial charge on any atom is -0.481 e. The fraction of sp³-hybridized carbons (Fsp3) is 0.350. The van der Waals surface area contributed by atoms with Gasteiger partial charge in [-0.2, -0.15) is 4.39 Å². The van der Waals surface area contributed by atoms with Gasteiger partial charge >= 0.3 is 12.0 Å². The molecule has 1 aromatic carbocycles. The number of hydrogen-bond donors (Lipinski definition) is 3. The molecule has 1 aromatic heterocycles. The summed E-state index contributed by atoms with van der Waals surface area (Å²) in [6, 6.07) is 5.39. The first-order chi connectivity index (χ1) is 13.2. The quantitative estimate of drug-likeness (QED) is 0.597. The highest BCUT2D eigenvalue weighted by atomic mass is 19.1. The molecule has 0 fully saturated rings. The van der Waals surface area contributed by atoms with Gasteiger partial charge in [0.1, 0.15) is 5.82 Å². The third-order valence-electron chi connectivity index (χ3n) is 4.02. The summed E-state index contributed by atoms with van der Waals surface area (Å²) in [6.45, 7) is 3.64. The second kappa shape index (κ2) is 9.48. The number of nitrogens with zero attached hydrogens (tertiary/aromatic N) is 2. The maximum Gasteiger partial charge on any atom is 0.309 e. The average molecular weight is 392 g/mol. The lowest BCUT2D eigenvalue weighted by Gasteiger charge is -2.15. The van der Waals surface area contributed by atoms with Crippen molar-refractivity contribution >= 4 is 12.0 Å². The number of carboxylic acid groups (broad SMARTS) is 1. The Morgan fingerprint density at radius 1 is 1.14 bits per heavy atom. The fourth-order valence-corrected chi connectivity index (χ4v) is 2.74. The number of rotatable bonds is 8. The van der Waals surface area contributed by atoms with Gasteiger partial charge < -0.3 is 15.3 Å². The number of carbonyl (C=O) groups is 1. The van der Waals surface area contributed by atoms with Gasteiger partial charge in [0.05, 0.1) is 30.0 Å². The number of benzene rings is 1. The van der Waals surface area contributed by atoms with Crippen molar-refractivity contribution in [3.05, 3.63) is 53.5 Å². The van der Waals surface area contributed by atoms with Gasteiger partial charge in [0.15, 0.2) is 0 Å². The van der Waals surface area contributed by atoms with Crippen LogP contribution in [-0.2, 0) is 4.79 Å². The molecule has 0 saturated carbocycles. The molecule has 0 aliphatic rings. The number of hydrogen-bond acceptors (Lipinski definition) is 5. The lowest BCUT2D eigenvalue weighted by atomic mass is 9.97. The Balaban J connectivity index is 2.40. The molecule has 0 saturated heterocycles. The Kier molecular flexibility index (Phi) is 7.31. The predicted molar refractivity (Wildman–Crippen MR) is 99.4 cm³/mol. The largest absolute Gasteiger partial charge is 0.481 e. The molecule has 0 aliphatic heterocycles. The standard InChI is InChI=1S/C20H22F2N2O4/c1-11(2)18-16(8-7-14(25)9-15(26)10-17(27)28)19(24-20(22)23-18)12-3-5-13(21)6-4-12/h3-8,11,14-15,25-26H,9-10H2,1-2H3,(H,27,28)/b8-7+. The van der Waals surface area contributed by atoms with Gasteiger partial charge in [-0.15, -0.1) is 0 Å². The van der Waals surface area contributed by atoms with Crippen molar-refractivity contribution in [3.8, 4) is 11.3 Å². The molecule has 6 nitrogen and oxygen atoms in total. The molecule has 2 aromatic rings. The van der Waals surface area contributed by atoms with E-state index < -0.39 is 36.5 Å². The van der Waals surface area contributed by atoms with Crippen molar-refractivity contribution in [1.29, 1.82) is 0 Å². The van der Waals surface area contributed by atoms with Crippen LogP contribution in [0.25, 0.3) is 17.3 Å². The van der Waals surface area contributed by atoms with Crippen LogP contribution in [0, 0.1) is 11.9 Å². The number of halogens is 2. The second-order valence-corrected chi connectivity index (χ2v) is 6.72. The molecule has 2 atom stereocenters. The van der Waals surface area contributed by atoms with E-state index in [0.717, 1.165) is 0 Å². The van der Waals surface area contributed by atoms with Gasteiger partial charge in [-0.1, -0.05) is 26.0 Å². The third kappa shape index (κ3) is 5.90. The van der Waals surface area contributed by atoms with Crippen LogP contribution in [0.1, 0.15) is 43.9 Å². The van der Waals surface area contributed by atoms with Crippen LogP contribution >= 0.6 is 0 Å². The Morgan fingerprint density at radius 3 is 2.36 bits per heavy atom. The number of aliphatic carboxylic acids is 1. The molecule has 2 unspecified atom stereocenters. The summed E-state index contributed by atoms with van der Waals surface area (Å²) < 4.78 is 27.2. The SMILES string of the molecule is CC(C)c1nc(F)nc(-c2ccc(F)cc2)c1/C=C/C(O)CC(O)CC(=O)O. The number of aromatic nitrogens is 2. The molecular formula is C20H22F2N2O4. The lowest BCUT2D eigenvalue weighted by Crippen LogP contribution is -2.19. The first-order valence-electron chi connectivity index (χ1n) is 8.76. The molecule has 150 valence electrons. The molecule has 0 aliphatic carbocycles. The average Bonchev–Trinajstić information content (AvgIpc) is 2.59. The third-order valence-corrected chi connectivity index (χ3v) is 4.02. The molecule has 1 heterocycles. The van der Waals surface area contributed by atoms with Crippen molar-refractivity contribution in [2.24, 2.45) is 0 Å². The molecule has 0 bridgehead atoms. The van der Waals surface area contributed by atoms with Gasteiger partial charge in [-0.25, -0.2) is 14.4 Å². The van der Waals surface area contributed by atoms with Crippen molar-refractivity contribution < 1.29 is 28.9 Å². The summed E-state index contributed by atoms with van der Waals surface area (Å²) in [5.41, 5.74) is 1.58. The van der Waals surface area contributed by atoms with Crippen molar-refractivity contribution in [3.63, 3.8) is 0 Å². The molecule has 2 rings (SSSR count). The van der Waals surface area contributed by atoms with Crippen LogP contribution < -0.4 is 0 Å². The predicted octanol–water partition coefficient (Wildman–Crippen LogP) is 3.15. The van der Waals surface area contributed by atoms with Crippen LogP contribution in [0.4, 0.5) is 8.78 Å². The van der Waals surface area contributed by atoms with Gasteiger partial charge in [0.2, 0.25) is 0 Å². The number of carboxylic acids is 1. The zero-order valence-corrected chi connectivity index (χ0v) is 15.5. The monoisotopic (exact) mass is 392 g/mol. The van der Waals surface area contributed by atoms with E-state index in [1.807, 2.05) is 13.8 Å². The van der Waals surface area contributed by atoms with E-state index in [4.69, 9.17) is 5.11 Å². The summed E-state index contributed by atoms with van der Waals surface area (Å²) in [5.74, 6) is -1.77. The smallest absolute Gasteiger partial charge is 0.309 e. The number of aliphatic hydroxyl groups excluding tert-OH is 2. The van der Waals surface area contributed by atoms with Gasteiger partial charge in [0.25, 0.3) is 0 Å². The Hall–Kier alpha value is -2.71. The first kappa shape index (κ1) is 21.6. The van der Waals surface area contributed by atoms with E-state index in [2.05, 4.69) is 9.97 Å². The van der Waals surface area contributed by atoms with Crippen molar-refractivity contribution in [2.45, 2.75) is 44.8 Å². The summed E-state index contributed by atoms with van der Waals surface area (Å²) in [7, 11) is 0. The molecule has 3 N–H and O–H groups in total. The van der Waals surface area contributed by atoms with E-state index >= 15 is 0 Å². The summed E-state index contributed by atoms with van der Waals surface area (Å²) >= 11 is 0. The lowest BCUT2D eigenvalue weighted by molar-refractivity contribution is -0.139. The maximum absolute atomic E-state index is 14.0. The first-order valence-corrected chi connectivity index (χ1v) is 8.76. The molecular weight excluding hydrogens is 370 g/mol. The van der Waals surface area contributed by atoms with Crippen molar-refractivity contribution in [2.75, 3.05) is 0 Å². The van der Waals surface area contributed by atoms with Gasteiger partial charge in [-0.05, 0) is 30.2 Å². The summed E-state index contributed by atoms with van der Waals surface area (Å²) in [4.78, 5) is 18.3. The Bertz CT molecular complexity index is 854. The summed E-state index contributed by atoms with van der Waals surface area (Å²) in [6.07, 6.45) is -1.04. The second-order valence-electron chi connectivity index (χ2n) is 6.72. The van der Waals surface area contributed by atoms with E-state index in [1.54, 1.807) is 0 Å². The van der Waals surface area contributed by atoms with E-state index in [0.29, 0.717) is 16.8 Å². The van der Waals surface area contributed by atoms with Crippen LogP contribution in [0.5, 0.6) is 0 Å². The van der Waals surface area contributed by atoms with Crippen LogP contribution in [0.3, 0.4) is 0 Å². The van der Waals surface area contributed by atoms with Crippen molar-refractivity contribution in [1.82, 2.24) is 9.97 Å². The number of aliphatic hydroxyl groups is 2.